The molecule has 35 heavy (non-hydrogen) atoms. The first kappa shape index (κ1) is 23.4. The molecule has 4 aromatic carbocycles. The second-order valence-electron chi connectivity index (χ2n) is 8.04. The van der Waals surface area contributed by atoms with Crippen molar-refractivity contribution in [2.75, 3.05) is 5.32 Å². The van der Waals surface area contributed by atoms with E-state index in [1.54, 1.807) is 30.3 Å². The number of hydrogen-bond acceptors (Lipinski definition) is 3. The van der Waals surface area contributed by atoms with Crippen LogP contribution in [0.15, 0.2) is 109 Å². The topological polar surface area (TPSA) is 87.3 Å². The van der Waals surface area contributed by atoms with Crippen molar-refractivity contribution in [2.45, 2.75) is 12.8 Å². The SMILES string of the molecule is Cc1ccccc1C(=O)Nc1ccc(C(=O)NNC(=O)C(c2ccccc2)c2ccccc2)cc1. The number of carbonyl (C=O) groups is 3. The summed E-state index contributed by atoms with van der Waals surface area (Å²) in [7, 11) is 0. The Morgan fingerprint density at radius 2 is 1.14 bits per heavy atom. The number of hydrogen-bond donors (Lipinski definition) is 3. The zero-order valence-corrected chi connectivity index (χ0v) is 19.2. The van der Waals surface area contributed by atoms with Crippen molar-refractivity contribution in [1.29, 1.82) is 0 Å². The van der Waals surface area contributed by atoms with Crippen molar-refractivity contribution in [3.8, 4) is 0 Å². The van der Waals surface area contributed by atoms with Gasteiger partial charge in [-0.1, -0.05) is 78.9 Å². The van der Waals surface area contributed by atoms with Crippen LogP contribution in [-0.4, -0.2) is 17.7 Å². The van der Waals surface area contributed by atoms with Gasteiger partial charge in [0.15, 0.2) is 0 Å². The molecule has 0 heterocycles. The van der Waals surface area contributed by atoms with Gasteiger partial charge in [-0.25, -0.2) is 0 Å². The molecular formula is C29H25N3O3. The van der Waals surface area contributed by atoms with Crippen LogP contribution < -0.4 is 16.2 Å². The molecule has 174 valence electrons. The lowest BCUT2D eigenvalue weighted by Gasteiger charge is -2.18. The molecule has 6 nitrogen and oxygen atoms in total. The highest BCUT2D eigenvalue weighted by molar-refractivity contribution is 6.05. The number of carbonyl (C=O) groups excluding carboxylic acids is 3. The molecule has 0 unspecified atom stereocenters. The van der Waals surface area contributed by atoms with Crippen LogP contribution in [0.1, 0.15) is 43.3 Å². The van der Waals surface area contributed by atoms with E-state index in [0.717, 1.165) is 16.7 Å². The summed E-state index contributed by atoms with van der Waals surface area (Å²) in [5.74, 6) is -1.61. The monoisotopic (exact) mass is 463 g/mol. The fourth-order valence-corrected chi connectivity index (χ4v) is 3.78. The summed E-state index contributed by atoms with van der Waals surface area (Å²) in [6, 6.07) is 32.5. The van der Waals surface area contributed by atoms with Crippen LogP contribution in [0.3, 0.4) is 0 Å². The molecule has 4 rings (SSSR count). The van der Waals surface area contributed by atoms with Gasteiger partial charge < -0.3 is 5.32 Å². The molecule has 0 saturated heterocycles. The first-order chi connectivity index (χ1) is 17.0. The second-order valence-corrected chi connectivity index (χ2v) is 8.04. The lowest BCUT2D eigenvalue weighted by molar-refractivity contribution is -0.122. The lowest BCUT2D eigenvalue weighted by Crippen LogP contribution is -2.44. The number of anilines is 1. The molecule has 3 amide bonds. The zero-order valence-electron chi connectivity index (χ0n) is 19.2. The molecule has 0 aliphatic heterocycles. The highest BCUT2D eigenvalue weighted by Crippen LogP contribution is 2.24. The van der Waals surface area contributed by atoms with Crippen molar-refractivity contribution in [1.82, 2.24) is 10.9 Å². The predicted octanol–water partition coefficient (Wildman–Crippen LogP) is 4.84. The fourth-order valence-electron chi connectivity index (χ4n) is 3.78. The van der Waals surface area contributed by atoms with Crippen molar-refractivity contribution >= 4 is 23.4 Å². The van der Waals surface area contributed by atoms with Crippen LogP contribution in [0.2, 0.25) is 0 Å². The maximum atomic E-state index is 13.0. The van der Waals surface area contributed by atoms with E-state index in [0.29, 0.717) is 16.8 Å². The molecule has 6 heteroatoms. The van der Waals surface area contributed by atoms with Crippen LogP contribution in [-0.2, 0) is 4.79 Å². The lowest BCUT2D eigenvalue weighted by atomic mass is 9.91. The first-order valence-electron chi connectivity index (χ1n) is 11.2. The highest BCUT2D eigenvalue weighted by Gasteiger charge is 2.23. The molecule has 0 aromatic heterocycles. The molecular weight excluding hydrogens is 438 g/mol. The summed E-state index contributed by atoms with van der Waals surface area (Å²) in [6.45, 7) is 1.87. The maximum Gasteiger partial charge on any atom is 0.269 e. The van der Waals surface area contributed by atoms with E-state index in [2.05, 4.69) is 16.2 Å². The summed E-state index contributed by atoms with van der Waals surface area (Å²) in [5, 5.41) is 2.83. The standard InChI is InChI=1S/C29H25N3O3/c1-20-10-8-9-15-25(20)28(34)30-24-18-16-23(17-19-24)27(33)31-32-29(35)26(21-11-4-2-5-12-21)22-13-6-3-7-14-22/h2-19,26H,1H3,(H,30,34)(H,31,33)(H,32,35). The van der Waals surface area contributed by atoms with Crippen LogP contribution in [0.25, 0.3) is 0 Å². The quantitative estimate of drug-likeness (QED) is 0.358. The summed E-state index contributed by atoms with van der Waals surface area (Å²) in [6.07, 6.45) is 0. The Balaban J connectivity index is 1.40. The Hall–Kier alpha value is -4.71. The largest absolute Gasteiger partial charge is 0.322 e. The van der Waals surface area contributed by atoms with E-state index in [4.69, 9.17) is 0 Å². The normalized spacial score (nSPS) is 10.5. The average molecular weight is 464 g/mol. The maximum absolute atomic E-state index is 13.0. The Kier molecular flexibility index (Phi) is 7.33. The van der Waals surface area contributed by atoms with Crippen molar-refractivity contribution in [3.05, 3.63) is 137 Å². The molecule has 0 fully saturated rings. The summed E-state index contributed by atoms with van der Waals surface area (Å²) in [4.78, 5) is 38.2. The van der Waals surface area contributed by atoms with Gasteiger partial charge in [0.2, 0.25) is 5.91 Å². The minimum Gasteiger partial charge on any atom is -0.322 e. The molecule has 0 aliphatic carbocycles. The number of hydrazine groups is 1. The number of amides is 3. The molecule has 0 spiro atoms. The summed E-state index contributed by atoms with van der Waals surface area (Å²) < 4.78 is 0. The zero-order chi connectivity index (χ0) is 24.6. The molecule has 3 N–H and O–H groups in total. The fraction of sp³-hybridized carbons (Fsp3) is 0.0690. The summed E-state index contributed by atoms with van der Waals surface area (Å²) in [5.41, 5.74) is 9.04. The first-order valence-corrected chi connectivity index (χ1v) is 11.2. The number of nitrogens with one attached hydrogen (secondary N) is 3. The molecule has 0 radical (unpaired) electrons. The Morgan fingerprint density at radius 3 is 1.71 bits per heavy atom. The van der Waals surface area contributed by atoms with Crippen molar-refractivity contribution < 1.29 is 14.4 Å². The van der Waals surface area contributed by atoms with E-state index in [1.165, 1.54) is 0 Å². The van der Waals surface area contributed by atoms with E-state index in [-0.39, 0.29) is 11.8 Å². The van der Waals surface area contributed by atoms with Crippen LogP contribution >= 0.6 is 0 Å². The van der Waals surface area contributed by atoms with Gasteiger partial charge in [0.05, 0.1) is 5.92 Å². The van der Waals surface area contributed by atoms with Crippen LogP contribution in [0.4, 0.5) is 5.69 Å². The highest BCUT2D eigenvalue weighted by atomic mass is 16.2. The smallest absolute Gasteiger partial charge is 0.269 e. The van der Waals surface area contributed by atoms with E-state index >= 15 is 0 Å². The third-order valence-corrected chi connectivity index (χ3v) is 5.62. The average Bonchev–Trinajstić information content (AvgIpc) is 2.89. The number of aryl methyl sites for hydroxylation is 1. The second kappa shape index (κ2) is 10.9. The van der Waals surface area contributed by atoms with E-state index < -0.39 is 11.8 Å². The molecule has 0 atom stereocenters. The Morgan fingerprint density at radius 1 is 0.600 bits per heavy atom. The van der Waals surface area contributed by atoms with Gasteiger partial charge in [0.25, 0.3) is 11.8 Å². The van der Waals surface area contributed by atoms with Crippen molar-refractivity contribution in [3.63, 3.8) is 0 Å². The van der Waals surface area contributed by atoms with Gasteiger partial charge in [0.1, 0.15) is 0 Å². The molecule has 0 bridgehead atoms. The van der Waals surface area contributed by atoms with Crippen molar-refractivity contribution in [2.24, 2.45) is 0 Å². The summed E-state index contributed by atoms with van der Waals surface area (Å²) >= 11 is 0. The van der Waals surface area contributed by atoms with Gasteiger partial charge in [-0.3, -0.25) is 25.2 Å². The van der Waals surface area contributed by atoms with Gasteiger partial charge in [-0.2, -0.15) is 0 Å². The van der Waals surface area contributed by atoms with Crippen LogP contribution in [0.5, 0.6) is 0 Å². The Bertz CT molecular complexity index is 1280. The number of rotatable bonds is 6. The van der Waals surface area contributed by atoms with E-state index in [9.17, 15) is 14.4 Å². The molecule has 0 aliphatic rings. The van der Waals surface area contributed by atoms with Gasteiger partial charge in [-0.15, -0.1) is 0 Å². The predicted molar refractivity (Wildman–Crippen MR) is 136 cm³/mol. The van der Waals surface area contributed by atoms with Gasteiger partial charge in [0, 0.05) is 16.8 Å². The van der Waals surface area contributed by atoms with E-state index in [1.807, 2.05) is 85.8 Å². The van der Waals surface area contributed by atoms with Gasteiger partial charge in [-0.05, 0) is 53.9 Å². The minimum atomic E-state index is -0.572. The Labute approximate surface area is 204 Å². The third kappa shape index (κ3) is 5.81. The van der Waals surface area contributed by atoms with Crippen LogP contribution in [0, 0.1) is 6.92 Å². The van der Waals surface area contributed by atoms with Gasteiger partial charge >= 0.3 is 0 Å². The minimum absolute atomic E-state index is 0.222. The molecule has 0 saturated carbocycles. The molecule has 4 aromatic rings. The number of benzene rings is 4. The third-order valence-electron chi connectivity index (χ3n) is 5.62.